The first-order valence-corrected chi connectivity index (χ1v) is 12.0. The first kappa shape index (κ1) is 29.0. The number of aliphatic hydroxyl groups excluding tert-OH is 4. The van der Waals surface area contributed by atoms with Crippen LogP contribution in [-0.4, -0.2) is 139 Å². The number of aromatic nitrogens is 2. The number of hydrogen-bond donors (Lipinski definition) is 7. The molecule has 2 saturated heterocycles. The highest BCUT2D eigenvalue weighted by Crippen LogP contribution is 2.36. The number of rotatable bonds is 7. The van der Waals surface area contributed by atoms with Gasteiger partial charge in [0.1, 0.15) is 54.5 Å². The van der Waals surface area contributed by atoms with Gasteiger partial charge in [0, 0.05) is 32.4 Å². The lowest BCUT2D eigenvalue weighted by Crippen LogP contribution is -2.59. The van der Waals surface area contributed by atoms with Crippen molar-refractivity contribution < 1.29 is 49.3 Å². The second-order valence-corrected chi connectivity index (χ2v) is 9.53. The zero-order valence-electron chi connectivity index (χ0n) is 20.9. The third-order valence-electron chi connectivity index (χ3n) is 7.09. The van der Waals surface area contributed by atoms with Gasteiger partial charge in [-0.3, -0.25) is 24.0 Å². The minimum Gasteiger partial charge on any atom is -0.477 e. The molecule has 3 aliphatic rings. The number of nitrogens with one attached hydrogen (secondary N) is 1. The molecule has 4 heterocycles. The van der Waals surface area contributed by atoms with E-state index in [0.29, 0.717) is 0 Å². The van der Waals surface area contributed by atoms with Crippen molar-refractivity contribution in [3.63, 3.8) is 0 Å². The largest absolute Gasteiger partial charge is 0.477 e. The number of nitrogens with two attached hydrogens (primary N) is 1. The molecule has 0 radical (unpaired) electrons. The Morgan fingerprint density at radius 1 is 1.13 bits per heavy atom. The fraction of sp³-hybridized carbons (Fsp3) is 0.636. The summed E-state index contributed by atoms with van der Waals surface area (Å²) in [6, 6.07) is -0.385. The molecule has 1 aromatic heterocycles. The van der Waals surface area contributed by atoms with Crippen molar-refractivity contribution in [2.45, 2.75) is 61.3 Å². The van der Waals surface area contributed by atoms with Crippen LogP contribution in [0.3, 0.4) is 0 Å². The number of likely N-dealkylation sites (N-methyl/N-ethyl adjacent to an activating group) is 2. The summed E-state index contributed by atoms with van der Waals surface area (Å²) in [6.07, 6.45) is -11.5. The number of carbonyl (C=O) groups is 2. The SMILES string of the molecule is CN1C(=O)[C@H]([C@H](OC2OC(CN)C(O)C2O)C2OC(n3ccc(=O)[nH]c3=O)C(O)C2O)N(C)CC=C1C(=O)O. The van der Waals surface area contributed by atoms with Crippen molar-refractivity contribution >= 4 is 11.9 Å². The number of aliphatic hydroxyl groups is 4. The monoisotopic (exact) mass is 557 g/mol. The van der Waals surface area contributed by atoms with E-state index in [2.05, 4.69) is 0 Å². The van der Waals surface area contributed by atoms with Gasteiger partial charge in [-0.05, 0) is 13.1 Å². The molecule has 8 N–H and O–H groups in total. The predicted octanol–water partition coefficient (Wildman–Crippen LogP) is -5.31. The molecule has 8 unspecified atom stereocenters. The second kappa shape index (κ2) is 11.2. The summed E-state index contributed by atoms with van der Waals surface area (Å²) in [5, 5.41) is 52.1. The summed E-state index contributed by atoms with van der Waals surface area (Å²) < 4.78 is 18.1. The number of carbonyl (C=O) groups excluding carboxylic acids is 1. The molecule has 2 fully saturated rings. The van der Waals surface area contributed by atoms with E-state index < -0.39 is 84.4 Å². The van der Waals surface area contributed by atoms with Crippen LogP contribution in [0.25, 0.3) is 0 Å². The highest BCUT2D eigenvalue weighted by atomic mass is 16.7. The van der Waals surface area contributed by atoms with Gasteiger partial charge in [0.2, 0.25) is 5.91 Å². The summed E-state index contributed by atoms with van der Waals surface area (Å²) >= 11 is 0. The molecule has 0 aromatic carbocycles. The summed E-state index contributed by atoms with van der Waals surface area (Å²) in [7, 11) is 2.70. The number of carboxylic acids is 1. The third kappa shape index (κ3) is 5.28. The molecule has 4 rings (SSSR count). The molecule has 0 bridgehead atoms. The third-order valence-corrected chi connectivity index (χ3v) is 7.09. The van der Waals surface area contributed by atoms with E-state index in [1.165, 1.54) is 25.1 Å². The van der Waals surface area contributed by atoms with Crippen LogP contribution in [0.15, 0.2) is 33.6 Å². The van der Waals surface area contributed by atoms with Gasteiger partial charge in [-0.25, -0.2) is 9.59 Å². The van der Waals surface area contributed by atoms with Crippen molar-refractivity contribution in [2.75, 3.05) is 27.2 Å². The quantitative estimate of drug-likeness (QED) is 0.165. The maximum absolute atomic E-state index is 13.6. The zero-order chi connectivity index (χ0) is 28.8. The van der Waals surface area contributed by atoms with Crippen molar-refractivity contribution in [2.24, 2.45) is 5.73 Å². The highest BCUT2D eigenvalue weighted by molar-refractivity contribution is 5.95. The van der Waals surface area contributed by atoms with E-state index >= 15 is 0 Å². The molecule has 1 amide bonds. The topological polar surface area (TPSA) is 250 Å². The van der Waals surface area contributed by atoms with Gasteiger partial charge in [-0.15, -0.1) is 0 Å². The number of amides is 1. The normalized spacial score (nSPS) is 36.6. The summed E-state index contributed by atoms with van der Waals surface area (Å²) in [5.41, 5.74) is 3.60. The molecule has 216 valence electrons. The number of H-pyrrole nitrogens is 1. The summed E-state index contributed by atoms with van der Waals surface area (Å²) in [6.45, 7) is -0.253. The Kier molecular flexibility index (Phi) is 8.36. The van der Waals surface area contributed by atoms with Crippen molar-refractivity contribution in [3.05, 3.63) is 44.9 Å². The van der Waals surface area contributed by atoms with Gasteiger partial charge in [-0.1, -0.05) is 0 Å². The first-order chi connectivity index (χ1) is 18.4. The van der Waals surface area contributed by atoms with Crippen LogP contribution < -0.4 is 17.0 Å². The minimum atomic E-state index is -1.78. The maximum atomic E-state index is 13.6. The average molecular weight is 558 g/mol. The summed E-state index contributed by atoms with van der Waals surface area (Å²) in [4.78, 5) is 53.4. The first-order valence-electron chi connectivity index (χ1n) is 12.0. The second-order valence-electron chi connectivity index (χ2n) is 9.53. The van der Waals surface area contributed by atoms with E-state index in [1.54, 1.807) is 0 Å². The zero-order valence-corrected chi connectivity index (χ0v) is 20.9. The molecule has 10 atom stereocenters. The molecule has 0 aliphatic carbocycles. The van der Waals surface area contributed by atoms with E-state index in [9.17, 15) is 44.7 Å². The molecule has 39 heavy (non-hydrogen) atoms. The fourth-order valence-corrected chi connectivity index (χ4v) is 4.93. The molecule has 1 aromatic rings. The lowest BCUT2D eigenvalue weighted by molar-refractivity contribution is -0.232. The number of carboxylic acid groups (broad SMARTS) is 1. The van der Waals surface area contributed by atoms with Gasteiger partial charge in [0.25, 0.3) is 5.56 Å². The number of nitrogens with zero attached hydrogens (tertiary/aromatic N) is 3. The number of ether oxygens (including phenoxy) is 3. The van der Waals surface area contributed by atoms with Crippen LogP contribution in [0.5, 0.6) is 0 Å². The van der Waals surface area contributed by atoms with E-state index in [-0.39, 0.29) is 18.8 Å². The van der Waals surface area contributed by atoms with Gasteiger partial charge < -0.3 is 50.4 Å². The van der Waals surface area contributed by atoms with Crippen molar-refractivity contribution in [1.82, 2.24) is 19.4 Å². The van der Waals surface area contributed by atoms with Crippen LogP contribution in [0.1, 0.15) is 6.23 Å². The van der Waals surface area contributed by atoms with Gasteiger partial charge in [0.05, 0.1) is 0 Å². The Morgan fingerprint density at radius 2 is 1.82 bits per heavy atom. The lowest BCUT2D eigenvalue weighted by atomic mass is 9.97. The Bertz CT molecular complexity index is 1230. The predicted molar refractivity (Wildman–Crippen MR) is 127 cm³/mol. The molecular formula is C22H31N5O12. The van der Waals surface area contributed by atoms with Crippen LogP contribution >= 0.6 is 0 Å². The van der Waals surface area contributed by atoms with Crippen molar-refractivity contribution in [3.8, 4) is 0 Å². The molecule has 17 nitrogen and oxygen atoms in total. The fourth-order valence-electron chi connectivity index (χ4n) is 4.93. The molecule has 3 aliphatic heterocycles. The van der Waals surface area contributed by atoms with E-state index in [0.717, 1.165) is 21.7 Å². The molecule has 17 heteroatoms. The van der Waals surface area contributed by atoms with E-state index in [4.69, 9.17) is 19.9 Å². The highest BCUT2D eigenvalue weighted by Gasteiger charge is 2.55. The smallest absolute Gasteiger partial charge is 0.352 e. The number of aromatic amines is 1. The molecule has 0 saturated carbocycles. The van der Waals surface area contributed by atoms with Crippen LogP contribution in [0.2, 0.25) is 0 Å². The number of aliphatic carboxylic acids is 1. The Labute approximate surface area is 220 Å². The Hall–Kier alpha value is -3.00. The Morgan fingerprint density at radius 3 is 2.41 bits per heavy atom. The summed E-state index contributed by atoms with van der Waals surface area (Å²) in [5.74, 6) is -2.17. The van der Waals surface area contributed by atoms with Crippen molar-refractivity contribution in [1.29, 1.82) is 0 Å². The number of hydrogen-bond acceptors (Lipinski definition) is 13. The molecule has 0 spiro atoms. The van der Waals surface area contributed by atoms with Crippen LogP contribution in [0.4, 0.5) is 0 Å². The van der Waals surface area contributed by atoms with E-state index in [1.807, 2.05) is 4.98 Å². The molecular weight excluding hydrogens is 526 g/mol. The van der Waals surface area contributed by atoms with Gasteiger partial charge >= 0.3 is 11.7 Å². The Balaban J connectivity index is 1.73. The van der Waals surface area contributed by atoms with Gasteiger partial charge in [-0.2, -0.15) is 0 Å². The van der Waals surface area contributed by atoms with Crippen LogP contribution in [-0.2, 0) is 23.8 Å². The van der Waals surface area contributed by atoms with Gasteiger partial charge in [0.15, 0.2) is 12.5 Å². The minimum absolute atomic E-state index is 0.0709. The van der Waals surface area contributed by atoms with Crippen LogP contribution in [0, 0.1) is 0 Å². The lowest BCUT2D eigenvalue weighted by Gasteiger charge is -2.38. The maximum Gasteiger partial charge on any atom is 0.352 e. The standard InChI is InChI=1S/C22H31N5O12/c1-25-5-3-8(20(34)35)26(2)18(33)11(25)16(39-21-15(32)12(29)9(7-23)37-21)17-13(30)14(31)19(38-17)27-6-4-10(28)24-22(27)36/h3-4,6,9,11-17,19,21,29-32H,5,7,23H2,1-2H3,(H,34,35)(H,24,28,36)/t9?,11-,12?,13?,14?,15?,16-,17?,19?,21?/m0/s1. The average Bonchev–Trinajstić information content (AvgIpc) is 3.28.